The maximum absolute atomic E-state index is 11.7. The van der Waals surface area contributed by atoms with Gasteiger partial charge in [0.15, 0.2) is 0 Å². The quantitative estimate of drug-likeness (QED) is 0.789. The number of carbonyl (C=O) groups is 2. The Balaban J connectivity index is 2.50. The SMILES string of the molecule is CCCCC(=O)NNC(=O)c1cccc(C#N)c1. The van der Waals surface area contributed by atoms with Crippen molar-refractivity contribution in [3.63, 3.8) is 0 Å². The van der Waals surface area contributed by atoms with E-state index in [0.717, 1.165) is 12.8 Å². The van der Waals surface area contributed by atoms with E-state index in [4.69, 9.17) is 5.26 Å². The zero-order chi connectivity index (χ0) is 13.4. The third kappa shape index (κ3) is 4.26. The molecule has 0 heterocycles. The molecule has 0 fully saturated rings. The lowest BCUT2D eigenvalue weighted by Gasteiger charge is -2.07. The number of nitrogens with one attached hydrogen (secondary N) is 2. The highest BCUT2D eigenvalue weighted by atomic mass is 16.2. The molecule has 0 saturated carbocycles. The topological polar surface area (TPSA) is 82.0 Å². The van der Waals surface area contributed by atoms with Crippen LogP contribution in [0.15, 0.2) is 24.3 Å². The fraction of sp³-hybridized carbons (Fsp3) is 0.308. The summed E-state index contributed by atoms with van der Waals surface area (Å²) in [6.45, 7) is 1.99. The fourth-order valence-electron chi connectivity index (χ4n) is 1.33. The molecule has 1 aromatic rings. The predicted octanol–water partition coefficient (Wildman–Crippen LogP) is 1.51. The van der Waals surface area contributed by atoms with Crippen LogP contribution in [0.4, 0.5) is 0 Å². The zero-order valence-electron chi connectivity index (χ0n) is 10.2. The molecule has 0 atom stereocenters. The Labute approximate surface area is 106 Å². The molecule has 0 saturated heterocycles. The summed E-state index contributed by atoms with van der Waals surface area (Å²) in [6, 6.07) is 8.22. The highest BCUT2D eigenvalue weighted by Crippen LogP contribution is 2.03. The van der Waals surface area contributed by atoms with E-state index < -0.39 is 5.91 Å². The summed E-state index contributed by atoms with van der Waals surface area (Å²) in [5.41, 5.74) is 5.38. The van der Waals surface area contributed by atoms with Crippen molar-refractivity contribution in [1.82, 2.24) is 10.9 Å². The van der Waals surface area contributed by atoms with Crippen molar-refractivity contribution in [1.29, 1.82) is 5.26 Å². The molecular formula is C13H15N3O2. The first-order chi connectivity index (χ1) is 8.67. The molecular weight excluding hydrogens is 230 g/mol. The predicted molar refractivity (Wildman–Crippen MR) is 66.3 cm³/mol. The van der Waals surface area contributed by atoms with Crippen LogP contribution in [-0.4, -0.2) is 11.8 Å². The van der Waals surface area contributed by atoms with Crippen molar-refractivity contribution < 1.29 is 9.59 Å². The number of hydrogen-bond acceptors (Lipinski definition) is 3. The first-order valence-corrected chi connectivity index (χ1v) is 5.76. The van der Waals surface area contributed by atoms with E-state index in [9.17, 15) is 9.59 Å². The van der Waals surface area contributed by atoms with Crippen LogP contribution in [-0.2, 0) is 4.79 Å². The lowest BCUT2D eigenvalue weighted by atomic mass is 10.1. The van der Waals surface area contributed by atoms with Gasteiger partial charge < -0.3 is 0 Å². The summed E-state index contributed by atoms with van der Waals surface area (Å²) in [7, 11) is 0. The Morgan fingerprint density at radius 1 is 1.33 bits per heavy atom. The number of amides is 2. The van der Waals surface area contributed by atoms with Gasteiger partial charge >= 0.3 is 0 Å². The highest BCUT2D eigenvalue weighted by Gasteiger charge is 2.07. The van der Waals surface area contributed by atoms with Crippen LogP contribution >= 0.6 is 0 Å². The zero-order valence-corrected chi connectivity index (χ0v) is 10.2. The number of rotatable bonds is 4. The van der Waals surface area contributed by atoms with Crippen LogP contribution in [0.1, 0.15) is 42.1 Å². The Morgan fingerprint density at radius 3 is 2.78 bits per heavy atom. The average molecular weight is 245 g/mol. The van der Waals surface area contributed by atoms with Crippen LogP contribution in [0.3, 0.4) is 0 Å². The Bertz CT molecular complexity index is 477. The molecule has 5 heteroatoms. The van der Waals surface area contributed by atoms with Gasteiger partial charge in [0.2, 0.25) is 5.91 Å². The van der Waals surface area contributed by atoms with E-state index >= 15 is 0 Å². The second kappa shape index (κ2) is 7.07. The van der Waals surface area contributed by atoms with Gasteiger partial charge in [0.25, 0.3) is 5.91 Å². The van der Waals surface area contributed by atoms with Gasteiger partial charge in [-0.2, -0.15) is 5.26 Å². The highest BCUT2D eigenvalue weighted by molar-refractivity contribution is 5.95. The van der Waals surface area contributed by atoms with Gasteiger partial charge in [-0.05, 0) is 24.6 Å². The smallest absolute Gasteiger partial charge is 0.269 e. The van der Waals surface area contributed by atoms with Crippen LogP contribution in [0.2, 0.25) is 0 Å². The Morgan fingerprint density at radius 2 is 2.11 bits per heavy atom. The van der Waals surface area contributed by atoms with Crippen molar-refractivity contribution >= 4 is 11.8 Å². The number of carbonyl (C=O) groups excluding carboxylic acids is 2. The van der Waals surface area contributed by atoms with Crippen LogP contribution < -0.4 is 10.9 Å². The molecule has 5 nitrogen and oxygen atoms in total. The van der Waals surface area contributed by atoms with E-state index in [-0.39, 0.29) is 5.91 Å². The molecule has 0 aromatic heterocycles. The maximum Gasteiger partial charge on any atom is 0.269 e. The second-order valence-corrected chi connectivity index (χ2v) is 3.80. The van der Waals surface area contributed by atoms with Gasteiger partial charge in [-0.1, -0.05) is 19.4 Å². The second-order valence-electron chi connectivity index (χ2n) is 3.80. The monoisotopic (exact) mass is 245 g/mol. The minimum absolute atomic E-state index is 0.221. The minimum Gasteiger partial charge on any atom is -0.273 e. The molecule has 1 rings (SSSR count). The normalized spacial score (nSPS) is 9.33. The third-order valence-electron chi connectivity index (χ3n) is 2.33. The molecule has 1 aromatic carbocycles. The Hall–Kier alpha value is -2.35. The van der Waals surface area contributed by atoms with E-state index in [0.29, 0.717) is 17.5 Å². The van der Waals surface area contributed by atoms with Gasteiger partial charge in [-0.15, -0.1) is 0 Å². The van der Waals surface area contributed by atoms with Gasteiger partial charge in [-0.25, -0.2) is 0 Å². The number of unbranched alkanes of at least 4 members (excludes halogenated alkanes) is 1. The van der Waals surface area contributed by atoms with Crippen molar-refractivity contribution in [3.05, 3.63) is 35.4 Å². The minimum atomic E-state index is -0.433. The van der Waals surface area contributed by atoms with Crippen molar-refractivity contribution in [2.45, 2.75) is 26.2 Å². The number of hydrazine groups is 1. The summed E-state index contributed by atoms with van der Waals surface area (Å²) in [5.74, 6) is -0.654. The maximum atomic E-state index is 11.7. The van der Waals surface area contributed by atoms with Crippen LogP contribution in [0.25, 0.3) is 0 Å². The summed E-state index contributed by atoms with van der Waals surface area (Å²) in [6.07, 6.45) is 2.09. The summed E-state index contributed by atoms with van der Waals surface area (Å²) < 4.78 is 0. The summed E-state index contributed by atoms with van der Waals surface area (Å²) in [5, 5.41) is 8.71. The lowest BCUT2D eigenvalue weighted by molar-refractivity contribution is -0.121. The summed E-state index contributed by atoms with van der Waals surface area (Å²) in [4.78, 5) is 22.9. The number of benzene rings is 1. The van der Waals surface area contributed by atoms with Crippen LogP contribution in [0, 0.1) is 11.3 Å². The molecule has 0 unspecified atom stereocenters. The Kier molecular flexibility index (Phi) is 5.39. The third-order valence-corrected chi connectivity index (χ3v) is 2.33. The largest absolute Gasteiger partial charge is 0.273 e. The van der Waals surface area contributed by atoms with Crippen LogP contribution in [0.5, 0.6) is 0 Å². The lowest BCUT2D eigenvalue weighted by Crippen LogP contribution is -2.41. The average Bonchev–Trinajstić information content (AvgIpc) is 2.42. The van der Waals surface area contributed by atoms with Crippen molar-refractivity contribution in [3.8, 4) is 6.07 Å². The summed E-state index contributed by atoms with van der Waals surface area (Å²) >= 11 is 0. The first-order valence-electron chi connectivity index (χ1n) is 5.76. The molecule has 18 heavy (non-hydrogen) atoms. The van der Waals surface area contributed by atoms with Gasteiger partial charge in [0.1, 0.15) is 0 Å². The van der Waals surface area contributed by atoms with Gasteiger partial charge in [0.05, 0.1) is 11.6 Å². The number of hydrogen-bond donors (Lipinski definition) is 2. The van der Waals surface area contributed by atoms with E-state index in [1.807, 2.05) is 13.0 Å². The van der Waals surface area contributed by atoms with Crippen molar-refractivity contribution in [2.75, 3.05) is 0 Å². The molecule has 2 N–H and O–H groups in total. The number of nitrogens with zero attached hydrogens (tertiary/aromatic N) is 1. The van der Waals surface area contributed by atoms with E-state index in [1.165, 1.54) is 6.07 Å². The molecule has 0 aliphatic carbocycles. The molecule has 0 bridgehead atoms. The molecule has 2 amide bonds. The van der Waals surface area contributed by atoms with Gasteiger partial charge in [-0.3, -0.25) is 20.4 Å². The fourth-order valence-corrected chi connectivity index (χ4v) is 1.33. The van der Waals surface area contributed by atoms with Crippen molar-refractivity contribution in [2.24, 2.45) is 0 Å². The van der Waals surface area contributed by atoms with E-state index in [1.54, 1.807) is 18.2 Å². The molecule has 0 radical (unpaired) electrons. The molecule has 0 spiro atoms. The molecule has 94 valence electrons. The van der Waals surface area contributed by atoms with E-state index in [2.05, 4.69) is 10.9 Å². The molecule has 0 aliphatic heterocycles. The first kappa shape index (κ1) is 13.7. The van der Waals surface area contributed by atoms with Gasteiger partial charge in [0, 0.05) is 12.0 Å². The number of nitriles is 1. The molecule has 0 aliphatic rings. The standard InChI is InChI=1S/C13H15N3O2/c1-2-3-7-12(17)15-16-13(18)11-6-4-5-10(8-11)9-14/h4-6,8H,2-3,7H2,1H3,(H,15,17)(H,16,18).